The van der Waals surface area contributed by atoms with Crippen LogP contribution in [-0.4, -0.2) is 22.7 Å². The zero-order chi connectivity index (χ0) is 12.4. The number of aliphatic hydroxyl groups excluding tert-OH is 1. The lowest BCUT2D eigenvalue weighted by Crippen LogP contribution is -2.45. The molecule has 1 aliphatic rings. The number of piperidine rings is 1. The molecule has 1 saturated heterocycles. The van der Waals surface area contributed by atoms with Gasteiger partial charge in [-0.3, -0.25) is 4.98 Å². The van der Waals surface area contributed by atoms with Gasteiger partial charge in [-0.25, -0.2) is 0 Å². The molecule has 17 heavy (non-hydrogen) atoms. The minimum atomic E-state index is 0.0150. The highest BCUT2D eigenvalue weighted by molar-refractivity contribution is 5.48. The zero-order valence-electron chi connectivity index (χ0n) is 10.9. The summed E-state index contributed by atoms with van der Waals surface area (Å²) in [5.74, 6) is 1.44. The summed E-state index contributed by atoms with van der Waals surface area (Å²) in [5.41, 5.74) is 1.94. The minimum absolute atomic E-state index is 0.0150. The lowest BCUT2D eigenvalue weighted by atomic mass is 9.85. The van der Waals surface area contributed by atoms with Crippen LogP contribution in [-0.2, 0) is 6.61 Å². The first-order valence-corrected chi connectivity index (χ1v) is 6.44. The highest BCUT2D eigenvalue weighted by Gasteiger charge is 2.28. The largest absolute Gasteiger partial charge is 0.390 e. The first-order chi connectivity index (χ1) is 8.11. The molecule has 0 spiro atoms. The summed E-state index contributed by atoms with van der Waals surface area (Å²) in [7, 11) is 0. The number of nitrogens with zero attached hydrogens (tertiary/aromatic N) is 2. The second kappa shape index (κ2) is 5.05. The SMILES string of the molecule is CC1CC(C)C(C)N(c2ccnc(CO)c2)C1. The minimum Gasteiger partial charge on any atom is -0.390 e. The molecule has 3 unspecified atom stereocenters. The summed E-state index contributed by atoms with van der Waals surface area (Å²) in [6, 6.07) is 4.60. The van der Waals surface area contributed by atoms with E-state index in [4.69, 9.17) is 5.11 Å². The van der Waals surface area contributed by atoms with E-state index in [-0.39, 0.29) is 6.61 Å². The van der Waals surface area contributed by atoms with Gasteiger partial charge in [-0.05, 0) is 37.3 Å². The van der Waals surface area contributed by atoms with Gasteiger partial charge in [0.2, 0.25) is 0 Å². The first kappa shape index (κ1) is 12.4. The fourth-order valence-corrected chi connectivity index (χ4v) is 2.79. The van der Waals surface area contributed by atoms with E-state index < -0.39 is 0 Å². The second-order valence-electron chi connectivity index (χ2n) is 5.37. The molecule has 3 atom stereocenters. The molecule has 1 aromatic rings. The molecule has 2 heterocycles. The first-order valence-electron chi connectivity index (χ1n) is 6.44. The maximum atomic E-state index is 9.15. The summed E-state index contributed by atoms with van der Waals surface area (Å²) >= 11 is 0. The normalized spacial score (nSPS) is 29.4. The predicted molar refractivity (Wildman–Crippen MR) is 69.9 cm³/mol. The maximum absolute atomic E-state index is 9.15. The molecule has 0 aliphatic carbocycles. The van der Waals surface area contributed by atoms with Crippen LogP contribution in [0.4, 0.5) is 5.69 Å². The van der Waals surface area contributed by atoms with E-state index in [1.807, 2.05) is 12.1 Å². The Kier molecular flexibility index (Phi) is 3.67. The molecular formula is C14H22N2O. The van der Waals surface area contributed by atoms with E-state index in [1.165, 1.54) is 12.1 Å². The highest BCUT2D eigenvalue weighted by Crippen LogP contribution is 2.31. The molecule has 3 nitrogen and oxygen atoms in total. The summed E-state index contributed by atoms with van der Waals surface area (Å²) in [6.07, 6.45) is 3.09. The molecule has 1 aliphatic heterocycles. The van der Waals surface area contributed by atoms with Gasteiger partial charge in [0.15, 0.2) is 0 Å². The molecule has 0 radical (unpaired) electrons. The number of rotatable bonds is 2. The topological polar surface area (TPSA) is 36.4 Å². The fraction of sp³-hybridized carbons (Fsp3) is 0.643. The molecule has 0 aromatic carbocycles. The molecule has 0 saturated carbocycles. The zero-order valence-corrected chi connectivity index (χ0v) is 10.9. The third-order valence-corrected chi connectivity index (χ3v) is 3.89. The van der Waals surface area contributed by atoms with Crippen molar-refractivity contribution in [3.05, 3.63) is 24.0 Å². The van der Waals surface area contributed by atoms with Crippen LogP contribution in [0.5, 0.6) is 0 Å². The summed E-state index contributed by atoms with van der Waals surface area (Å²) in [5, 5.41) is 9.15. The van der Waals surface area contributed by atoms with Crippen LogP contribution in [0, 0.1) is 11.8 Å². The van der Waals surface area contributed by atoms with Gasteiger partial charge in [0.25, 0.3) is 0 Å². The van der Waals surface area contributed by atoms with Crippen molar-refractivity contribution in [2.24, 2.45) is 11.8 Å². The van der Waals surface area contributed by atoms with Gasteiger partial charge in [-0.2, -0.15) is 0 Å². The number of hydrogen-bond acceptors (Lipinski definition) is 3. The van der Waals surface area contributed by atoms with Crippen LogP contribution in [0.15, 0.2) is 18.3 Å². The average molecular weight is 234 g/mol. The molecule has 94 valence electrons. The second-order valence-corrected chi connectivity index (χ2v) is 5.37. The van der Waals surface area contributed by atoms with Crippen molar-refractivity contribution < 1.29 is 5.11 Å². The van der Waals surface area contributed by atoms with Gasteiger partial charge >= 0.3 is 0 Å². The smallest absolute Gasteiger partial charge is 0.0853 e. The van der Waals surface area contributed by atoms with Crippen molar-refractivity contribution in [2.45, 2.75) is 39.8 Å². The summed E-state index contributed by atoms with van der Waals surface area (Å²) < 4.78 is 0. The third-order valence-electron chi connectivity index (χ3n) is 3.89. The number of aromatic nitrogens is 1. The Hall–Kier alpha value is -1.09. The van der Waals surface area contributed by atoms with Crippen LogP contribution in [0.25, 0.3) is 0 Å². The number of pyridine rings is 1. The molecule has 0 bridgehead atoms. The Morgan fingerprint density at radius 3 is 2.88 bits per heavy atom. The van der Waals surface area contributed by atoms with Gasteiger partial charge < -0.3 is 10.0 Å². The Balaban J connectivity index is 2.24. The Morgan fingerprint density at radius 1 is 1.41 bits per heavy atom. The lowest BCUT2D eigenvalue weighted by molar-refractivity contribution is 0.276. The highest BCUT2D eigenvalue weighted by atomic mass is 16.3. The van der Waals surface area contributed by atoms with E-state index >= 15 is 0 Å². The Labute approximate surface area is 103 Å². The van der Waals surface area contributed by atoms with Crippen molar-refractivity contribution in [3.8, 4) is 0 Å². The summed E-state index contributed by atoms with van der Waals surface area (Å²) in [6.45, 7) is 8.03. The monoisotopic (exact) mass is 234 g/mol. The van der Waals surface area contributed by atoms with Crippen LogP contribution in [0.3, 0.4) is 0 Å². The number of aliphatic hydroxyl groups is 1. The summed E-state index contributed by atoms with van der Waals surface area (Å²) in [4.78, 5) is 6.58. The van der Waals surface area contributed by atoms with Gasteiger partial charge in [0.05, 0.1) is 12.3 Å². The van der Waals surface area contributed by atoms with Crippen molar-refractivity contribution in [3.63, 3.8) is 0 Å². The molecule has 1 aromatic heterocycles. The quantitative estimate of drug-likeness (QED) is 0.854. The van der Waals surface area contributed by atoms with Crippen LogP contribution in [0.1, 0.15) is 32.9 Å². The van der Waals surface area contributed by atoms with Gasteiger partial charge in [0.1, 0.15) is 0 Å². The van der Waals surface area contributed by atoms with E-state index in [2.05, 4.69) is 30.7 Å². The number of hydrogen-bond donors (Lipinski definition) is 1. The number of anilines is 1. The Bertz CT molecular complexity index is 380. The molecular weight excluding hydrogens is 212 g/mol. The molecule has 0 amide bonds. The van der Waals surface area contributed by atoms with Gasteiger partial charge in [-0.1, -0.05) is 13.8 Å². The van der Waals surface area contributed by atoms with Crippen molar-refractivity contribution >= 4 is 5.69 Å². The Morgan fingerprint density at radius 2 is 2.18 bits per heavy atom. The van der Waals surface area contributed by atoms with E-state index in [9.17, 15) is 0 Å². The van der Waals surface area contributed by atoms with E-state index in [0.717, 1.165) is 18.2 Å². The van der Waals surface area contributed by atoms with E-state index in [0.29, 0.717) is 12.0 Å². The van der Waals surface area contributed by atoms with E-state index in [1.54, 1.807) is 6.20 Å². The molecule has 1 fully saturated rings. The van der Waals surface area contributed by atoms with Gasteiger partial charge in [-0.15, -0.1) is 0 Å². The van der Waals surface area contributed by atoms with Crippen molar-refractivity contribution in [1.29, 1.82) is 0 Å². The van der Waals surface area contributed by atoms with Crippen LogP contribution in [0.2, 0.25) is 0 Å². The maximum Gasteiger partial charge on any atom is 0.0853 e. The van der Waals surface area contributed by atoms with Gasteiger partial charge in [0, 0.05) is 24.5 Å². The standard InChI is InChI=1S/C14H22N2O/c1-10-6-11(2)12(3)16(8-10)14-4-5-15-13(7-14)9-17/h4-5,7,10-12,17H,6,8-9H2,1-3H3. The van der Waals surface area contributed by atoms with Crippen molar-refractivity contribution in [2.75, 3.05) is 11.4 Å². The molecule has 3 heteroatoms. The fourth-order valence-electron chi connectivity index (χ4n) is 2.79. The lowest BCUT2D eigenvalue weighted by Gasteiger charge is -2.42. The molecule has 2 rings (SSSR count). The van der Waals surface area contributed by atoms with Crippen LogP contribution < -0.4 is 4.90 Å². The van der Waals surface area contributed by atoms with Crippen molar-refractivity contribution in [1.82, 2.24) is 4.98 Å². The third kappa shape index (κ3) is 2.60. The van der Waals surface area contributed by atoms with Crippen LogP contribution >= 0.6 is 0 Å². The molecule has 1 N–H and O–H groups in total. The predicted octanol–water partition coefficient (Wildman–Crippen LogP) is 2.44. The average Bonchev–Trinajstić information content (AvgIpc) is 2.34.